The molecule has 0 unspecified atom stereocenters. The predicted octanol–water partition coefficient (Wildman–Crippen LogP) is 3.51. The lowest BCUT2D eigenvalue weighted by atomic mass is 9.87. The van der Waals surface area contributed by atoms with Crippen LogP contribution in [0.5, 0.6) is 0 Å². The zero-order chi connectivity index (χ0) is 14.6. The van der Waals surface area contributed by atoms with Crippen molar-refractivity contribution in [3.63, 3.8) is 0 Å². The fourth-order valence-corrected chi connectivity index (χ4v) is 2.86. The van der Waals surface area contributed by atoms with E-state index in [1.54, 1.807) is 0 Å². The largest absolute Gasteiger partial charge is 0.301 e. The standard InChI is InChI=1S/C18H30N2/c1-5-10-19-11-13-20(14-12-19)15-16-6-8-17(9-7-16)18(2,3)4/h6-9H,5,10-15H2,1-4H3. The summed E-state index contributed by atoms with van der Waals surface area (Å²) in [6, 6.07) is 9.20. The highest BCUT2D eigenvalue weighted by Crippen LogP contribution is 2.22. The molecule has 0 spiro atoms. The van der Waals surface area contributed by atoms with Crippen molar-refractivity contribution in [3.8, 4) is 0 Å². The molecule has 112 valence electrons. The Bertz CT molecular complexity index is 394. The summed E-state index contributed by atoms with van der Waals surface area (Å²) in [6.07, 6.45) is 1.27. The average Bonchev–Trinajstić information content (AvgIpc) is 2.41. The van der Waals surface area contributed by atoms with E-state index < -0.39 is 0 Å². The van der Waals surface area contributed by atoms with Gasteiger partial charge in [-0.15, -0.1) is 0 Å². The van der Waals surface area contributed by atoms with E-state index in [0.29, 0.717) is 0 Å². The van der Waals surface area contributed by atoms with Gasteiger partial charge in [-0.2, -0.15) is 0 Å². The van der Waals surface area contributed by atoms with E-state index in [4.69, 9.17) is 0 Å². The molecule has 1 fully saturated rings. The zero-order valence-corrected chi connectivity index (χ0v) is 13.7. The normalized spacial score (nSPS) is 18.4. The van der Waals surface area contributed by atoms with Crippen LogP contribution in [0, 0.1) is 0 Å². The minimum atomic E-state index is 0.254. The van der Waals surface area contributed by atoms with Crippen molar-refractivity contribution in [2.75, 3.05) is 32.7 Å². The molecule has 0 bridgehead atoms. The minimum Gasteiger partial charge on any atom is -0.301 e. The van der Waals surface area contributed by atoms with Crippen LogP contribution >= 0.6 is 0 Å². The Morgan fingerprint density at radius 2 is 1.45 bits per heavy atom. The molecule has 2 nitrogen and oxygen atoms in total. The van der Waals surface area contributed by atoms with Gasteiger partial charge in [0.15, 0.2) is 0 Å². The molecule has 2 heteroatoms. The molecule has 2 rings (SSSR count). The Morgan fingerprint density at radius 3 is 1.95 bits per heavy atom. The Kier molecular flexibility index (Phi) is 5.22. The molecule has 0 amide bonds. The second kappa shape index (κ2) is 6.73. The molecule has 0 N–H and O–H groups in total. The van der Waals surface area contributed by atoms with Gasteiger partial charge in [-0.25, -0.2) is 0 Å². The van der Waals surface area contributed by atoms with Crippen LogP contribution in [0.4, 0.5) is 0 Å². The lowest BCUT2D eigenvalue weighted by molar-refractivity contribution is 0.127. The number of hydrogen-bond donors (Lipinski definition) is 0. The Morgan fingerprint density at radius 1 is 0.900 bits per heavy atom. The van der Waals surface area contributed by atoms with Gasteiger partial charge < -0.3 is 4.90 Å². The van der Waals surface area contributed by atoms with Crippen LogP contribution in [0.15, 0.2) is 24.3 Å². The van der Waals surface area contributed by atoms with Crippen molar-refractivity contribution >= 4 is 0 Å². The first kappa shape index (κ1) is 15.5. The third kappa shape index (κ3) is 4.32. The highest BCUT2D eigenvalue weighted by molar-refractivity contribution is 5.27. The summed E-state index contributed by atoms with van der Waals surface area (Å²) < 4.78 is 0. The fraction of sp³-hybridized carbons (Fsp3) is 0.667. The molecule has 1 aromatic carbocycles. The summed E-state index contributed by atoms with van der Waals surface area (Å²) >= 11 is 0. The van der Waals surface area contributed by atoms with Crippen molar-refractivity contribution in [2.24, 2.45) is 0 Å². The zero-order valence-electron chi connectivity index (χ0n) is 13.7. The van der Waals surface area contributed by atoms with Crippen molar-refractivity contribution < 1.29 is 0 Å². The van der Waals surface area contributed by atoms with Crippen molar-refractivity contribution in [1.82, 2.24) is 9.80 Å². The van der Waals surface area contributed by atoms with Crippen LogP contribution in [0.25, 0.3) is 0 Å². The van der Waals surface area contributed by atoms with Gasteiger partial charge in [0, 0.05) is 32.7 Å². The lowest BCUT2D eigenvalue weighted by Crippen LogP contribution is -2.45. The first-order valence-electron chi connectivity index (χ1n) is 8.03. The number of benzene rings is 1. The minimum absolute atomic E-state index is 0.254. The first-order chi connectivity index (χ1) is 9.49. The van der Waals surface area contributed by atoms with Gasteiger partial charge in [-0.05, 0) is 29.5 Å². The highest BCUT2D eigenvalue weighted by atomic mass is 15.3. The van der Waals surface area contributed by atoms with Crippen molar-refractivity contribution in [2.45, 2.75) is 46.1 Å². The number of nitrogens with zero attached hydrogens (tertiary/aromatic N) is 2. The smallest absolute Gasteiger partial charge is 0.0234 e. The lowest BCUT2D eigenvalue weighted by Gasteiger charge is -2.34. The van der Waals surface area contributed by atoms with Gasteiger partial charge in [0.25, 0.3) is 0 Å². The maximum absolute atomic E-state index is 2.58. The van der Waals surface area contributed by atoms with E-state index >= 15 is 0 Å². The van der Waals surface area contributed by atoms with Crippen LogP contribution in [-0.2, 0) is 12.0 Å². The van der Waals surface area contributed by atoms with Crippen molar-refractivity contribution in [3.05, 3.63) is 35.4 Å². The van der Waals surface area contributed by atoms with Gasteiger partial charge in [0.05, 0.1) is 0 Å². The van der Waals surface area contributed by atoms with E-state index in [1.807, 2.05) is 0 Å². The molecule has 1 aromatic rings. The Balaban J connectivity index is 1.85. The second-order valence-corrected chi connectivity index (χ2v) is 7.06. The molecule has 1 aliphatic heterocycles. The second-order valence-electron chi connectivity index (χ2n) is 7.06. The molecule has 0 saturated carbocycles. The van der Waals surface area contributed by atoms with Gasteiger partial charge in [0.2, 0.25) is 0 Å². The Hall–Kier alpha value is -0.860. The summed E-state index contributed by atoms with van der Waals surface area (Å²) in [5, 5.41) is 0. The SMILES string of the molecule is CCCN1CCN(Cc2ccc(C(C)(C)C)cc2)CC1. The summed E-state index contributed by atoms with van der Waals surface area (Å²) in [5.74, 6) is 0. The maximum atomic E-state index is 2.58. The van der Waals surface area contributed by atoms with E-state index in [2.05, 4.69) is 61.8 Å². The molecule has 0 radical (unpaired) electrons. The highest BCUT2D eigenvalue weighted by Gasteiger charge is 2.17. The van der Waals surface area contributed by atoms with E-state index in [1.165, 1.54) is 50.3 Å². The number of rotatable bonds is 4. The van der Waals surface area contributed by atoms with E-state index in [-0.39, 0.29) is 5.41 Å². The third-order valence-corrected chi connectivity index (χ3v) is 4.23. The Labute approximate surface area is 124 Å². The monoisotopic (exact) mass is 274 g/mol. The van der Waals surface area contributed by atoms with Crippen LogP contribution in [-0.4, -0.2) is 42.5 Å². The number of hydrogen-bond acceptors (Lipinski definition) is 2. The summed E-state index contributed by atoms with van der Waals surface area (Å²) in [7, 11) is 0. The number of piperazine rings is 1. The van der Waals surface area contributed by atoms with Crippen molar-refractivity contribution in [1.29, 1.82) is 0 Å². The molecule has 1 aliphatic rings. The molecule has 20 heavy (non-hydrogen) atoms. The fourth-order valence-electron chi connectivity index (χ4n) is 2.86. The van der Waals surface area contributed by atoms with Crippen LogP contribution < -0.4 is 0 Å². The molecular weight excluding hydrogens is 244 g/mol. The molecule has 0 aliphatic carbocycles. The molecule has 0 atom stereocenters. The predicted molar refractivity (Wildman–Crippen MR) is 87.2 cm³/mol. The topological polar surface area (TPSA) is 6.48 Å². The summed E-state index contributed by atoms with van der Waals surface area (Å²) in [5.41, 5.74) is 3.13. The molecule has 1 saturated heterocycles. The molecule has 1 heterocycles. The third-order valence-electron chi connectivity index (χ3n) is 4.23. The van der Waals surface area contributed by atoms with E-state index in [0.717, 1.165) is 6.54 Å². The summed E-state index contributed by atoms with van der Waals surface area (Å²) in [6.45, 7) is 16.3. The quantitative estimate of drug-likeness (QED) is 0.829. The van der Waals surface area contributed by atoms with Gasteiger partial charge >= 0.3 is 0 Å². The maximum Gasteiger partial charge on any atom is 0.0234 e. The molecule has 0 aromatic heterocycles. The van der Waals surface area contributed by atoms with E-state index in [9.17, 15) is 0 Å². The first-order valence-corrected chi connectivity index (χ1v) is 8.03. The van der Waals surface area contributed by atoms with Gasteiger partial charge in [-0.3, -0.25) is 4.90 Å². The van der Waals surface area contributed by atoms with Gasteiger partial charge in [-0.1, -0.05) is 52.0 Å². The van der Waals surface area contributed by atoms with Crippen LogP contribution in [0.2, 0.25) is 0 Å². The average molecular weight is 274 g/mol. The van der Waals surface area contributed by atoms with Crippen LogP contribution in [0.3, 0.4) is 0 Å². The summed E-state index contributed by atoms with van der Waals surface area (Å²) in [4.78, 5) is 5.16. The van der Waals surface area contributed by atoms with Crippen LogP contribution in [0.1, 0.15) is 45.2 Å². The van der Waals surface area contributed by atoms with Gasteiger partial charge in [0.1, 0.15) is 0 Å². The molecular formula is C18H30N2.